The number of hydrogen-bond donors (Lipinski definition) is 0. The van der Waals surface area contributed by atoms with Gasteiger partial charge in [-0.1, -0.05) is 36.3 Å². The van der Waals surface area contributed by atoms with Crippen molar-refractivity contribution >= 4 is 10.1 Å². The van der Waals surface area contributed by atoms with Crippen LogP contribution in [0.4, 0.5) is 0 Å². The van der Waals surface area contributed by atoms with Crippen LogP contribution in [0, 0.1) is 29.6 Å². The summed E-state index contributed by atoms with van der Waals surface area (Å²) in [7, 11) is -3.77. The van der Waals surface area contributed by atoms with Gasteiger partial charge in [0.2, 0.25) is 0 Å². The Kier molecular flexibility index (Phi) is 6.04. The summed E-state index contributed by atoms with van der Waals surface area (Å²) in [6, 6.07) is 6.94. The molecular formula is C27H38O5S. The summed E-state index contributed by atoms with van der Waals surface area (Å²) in [5, 5.41) is 0. The molecule has 1 aromatic rings. The van der Waals surface area contributed by atoms with Gasteiger partial charge in [-0.05, 0) is 87.2 Å². The number of ether oxygens (including phenoxy) is 2. The summed E-state index contributed by atoms with van der Waals surface area (Å²) < 4.78 is 43.9. The van der Waals surface area contributed by atoms with Gasteiger partial charge in [0.15, 0.2) is 5.79 Å². The molecule has 2 spiro atoms. The lowest BCUT2D eigenvalue weighted by Gasteiger charge is -2.64. The molecule has 1 saturated heterocycles. The van der Waals surface area contributed by atoms with Crippen LogP contribution >= 0.6 is 0 Å². The average molecular weight is 475 g/mol. The Balaban J connectivity index is 1.42. The quantitative estimate of drug-likeness (QED) is 0.409. The van der Waals surface area contributed by atoms with Crippen LogP contribution in [0.3, 0.4) is 0 Å². The van der Waals surface area contributed by atoms with Crippen molar-refractivity contribution in [2.45, 2.75) is 82.8 Å². The maximum absolute atomic E-state index is 13.0. The maximum Gasteiger partial charge on any atom is 0.296 e. The van der Waals surface area contributed by atoms with E-state index in [1.54, 1.807) is 12.1 Å². The van der Waals surface area contributed by atoms with E-state index in [4.69, 9.17) is 13.7 Å². The van der Waals surface area contributed by atoms with Crippen molar-refractivity contribution in [3.63, 3.8) is 0 Å². The van der Waals surface area contributed by atoms with Gasteiger partial charge in [0.25, 0.3) is 10.1 Å². The molecule has 5 rings (SSSR count). The Morgan fingerprint density at radius 3 is 2.30 bits per heavy atom. The number of benzene rings is 1. The molecule has 4 aliphatic rings. The molecule has 6 heteroatoms. The Bertz CT molecular complexity index is 995. The second-order valence-corrected chi connectivity index (χ2v) is 12.7. The topological polar surface area (TPSA) is 61.8 Å². The smallest absolute Gasteiger partial charge is 0.296 e. The van der Waals surface area contributed by atoms with Crippen LogP contribution in [-0.4, -0.2) is 34.0 Å². The number of allylic oxidation sites excluding steroid dienone is 2. The van der Waals surface area contributed by atoms with E-state index in [0.717, 1.165) is 56.9 Å². The van der Waals surface area contributed by atoms with Crippen LogP contribution in [0.15, 0.2) is 40.8 Å². The molecule has 0 aromatic heterocycles. The largest absolute Gasteiger partial charge is 0.348 e. The molecule has 2 saturated carbocycles. The van der Waals surface area contributed by atoms with E-state index in [2.05, 4.69) is 19.9 Å². The van der Waals surface area contributed by atoms with Crippen LogP contribution in [0.1, 0.15) is 70.8 Å². The van der Waals surface area contributed by atoms with Crippen molar-refractivity contribution in [3.05, 3.63) is 41.5 Å². The van der Waals surface area contributed by atoms with E-state index in [-0.39, 0.29) is 28.3 Å². The minimum absolute atomic E-state index is 0.0365. The standard InChI is InChI=1S/C27H38O5S/c1-20-6-9-23(10-7-20)33(28,29)32-19-22-8-11-24-21(2)5-4-12-25(24,3)26(22)13-15-27(16-14-26)30-17-18-31-27/h5-7,9-10,22,24H,4,8,11-19H2,1-3H3/t22-,24-,25-/m0/s1. The zero-order chi connectivity index (χ0) is 23.3. The fraction of sp³-hybridized carbons (Fsp3) is 0.704. The molecule has 3 aliphatic carbocycles. The third-order valence-electron chi connectivity index (χ3n) is 9.62. The Morgan fingerprint density at radius 2 is 1.64 bits per heavy atom. The van der Waals surface area contributed by atoms with E-state index in [1.165, 1.54) is 5.57 Å². The zero-order valence-electron chi connectivity index (χ0n) is 20.3. The van der Waals surface area contributed by atoms with Crippen molar-refractivity contribution < 1.29 is 22.1 Å². The van der Waals surface area contributed by atoms with Crippen molar-refractivity contribution in [2.75, 3.05) is 19.8 Å². The van der Waals surface area contributed by atoms with Crippen LogP contribution in [0.2, 0.25) is 0 Å². The number of fused-ring (bicyclic) bond motifs is 2. The SMILES string of the molecule is CC1=CCC[C@@]2(C)[C@H]1CC[C@@H](COS(=O)(=O)c1ccc(C)cc1)C21CCC2(CC1)OCCO2. The van der Waals surface area contributed by atoms with Gasteiger partial charge in [-0.2, -0.15) is 8.42 Å². The first kappa shape index (κ1) is 23.5. The van der Waals surface area contributed by atoms with Crippen molar-refractivity contribution in [1.29, 1.82) is 0 Å². The van der Waals surface area contributed by atoms with Gasteiger partial charge < -0.3 is 9.47 Å². The predicted octanol–water partition coefficient (Wildman–Crippen LogP) is 5.78. The van der Waals surface area contributed by atoms with Crippen molar-refractivity contribution in [1.82, 2.24) is 0 Å². The third-order valence-corrected chi connectivity index (χ3v) is 10.9. The van der Waals surface area contributed by atoms with E-state index in [0.29, 0.717) is 19.1 Å². The molecular weight excluding hydrogens is 436 g/mol. The molecule has 1 heterocycles. The average Bonchev–Trinajstić information content (AvgIpc) is 3.24. The summed E-state index contributed by atoms with van der Waals surface area (Å²) in [5.74, 6) is 0.354. The second-order valence-electron chi connectivity index (χ2n) is 11.0. The maximum atomic E-state index is 13.0. The molecule has 1 aliphatic heterocycles. The molecule has 1 aromatic carbocycles. The first-order chi connectivity index (χ1) is 15.7. The highest BCUT2D eigenvalue weighted by Gasteiger charge is 2.62. The number of hydrogen-bond acceptors (Lipinski definition) is 5. The highest BCUT2D eigenvalue weighted by molar-refractivity contribution is 7.86. The van der Waals surface area contributed by atoms with Gasteiger partial charge in [-0.15, -0.1) is 0 Å². The number of aryl methyl sites for hydroxylation is 1. The van der Waals surface area contributed by atoms with Gasteiger partial charge in [0.05, 0.1) is 24.7 Å². The van der Waals surface area contributed by atoms with E-state index >= 15 is 0 Å². The van der Waals surface area contributed by atoms with E-state index in [9.17, 15) is 8.42 Å². The number of rotatable bonds is 4. The molecule has 0 radical (unpaired) electrons. The summed E-state index contributed by atoms with van der Waals surface area (Å²) in [5.41, 5.74) is 2.73. The lowest BCUT2D eigenvalue weighted by atomic mass is 9.41. The van der Waals surface area contributed by atoms with E-state index < -0.39 is 15.9 Å². The highest BCUT2D eigenvalue weighted by Crippen LogP contribution is 2.68. The first-order valence-corrected chi connectivity index (χ1v) is 14.0. The Morgan fingerprint density at radius 1 is 0.970 bits per heavy atom. The second kappa shape index (κ2) is 8.47. The molecule has 33 heavy (non-hydrogen) atoms. The molecule has 0 amide bonds. The van der Waals surface area contributed by atoms with Crippen LogP contribution in [-0.2, 0) is 23.8 Å². The van der Waals surface area contributed by atoms with Gasteiger partial charge in [-0.25, -0.2) is 0 Å². The zero-order valence-corrected chi connectivity index (χ0v) is 21.1. The van der Waals surface area contributed by atoms with Crippen LogP contribution in [0.25, 0.3) is 0 Å². The fourth-order valence-corrected chi connectivity index (χ4v) is 8.65. The van der Waals surface area contributed by atoms with Gasteiger partial charge >= 0.3 is 0 Å². The van der Waals surface area contributed by atoms with Crippen molar-refractivity contribution in [2.24, 2.45) is 22.7 Å². The van der Waals surface area contributed by atoms with E-state index in [1.807, 2.05) is 19.1 Å². The predicted molar refractivity (Wildman–Crippen MR) is 127 cm³/mol. The van der Waals surface area contributed by atoms with Crippen LogP contribution in [0.5, 0.6) is 0 Å². The molecule has 3 atom stereocenters. The summed E-state index contributed by atoms with van der Waals surface area (Å²) in [6.07, 6.45) is 10.6. The summed E-state index contributed by atoms with van der Waals surface area (Å²) in [6.45, 7) is 8.33. The van der Waals surface area contributed by atoms with Crippen LogP contribution < -0.4 is 0 Å². The minimum atomic E-state index is -3.77. The molecule has 0 bridgehead atoms. The molecule has 0 unspecified atom stereocenters. The molecule has 3 fully saturated rings. The Hall–Kier alpha value is -1.21. The fourth-order valence-electron chi connectivity index (χ4n) is 7.70. The summed E-state index contributed by atoms with van der Waals surface area (Å²) >= 11 is 0. The normalized spacial score (nSPS) is 33.1. The van der Waals surface area contributed by atoms with Gasteiger partial charge in [0.1, 0.15) is 0 Å². The molecule has 182 valence electrons. The third kappa shape index (κ3) is 3.91. The minimum Gasteiger partial charge on any atom is -0.348 e. The van der Waals surface area contributed by atoms with Gasteiger partial charge in [0, 0.05) is 12.8 Å². The molecule has 0 N–H and O–H groups in total. The van der Waals surface area contributed by atoms with Gasteiger partial charge in [-0.3, -0.25) is 4.18 Å². The monoisotopic (exact) mass is 474 g/mol. The first-order valence-electron chi connectivity index (χ1n) is 12.6. The lowest BCUT2D eigenvalue weighted by Crippen LogP contribution is -2.58. The lowest BCUT2D eigenvalue weighted by molar-refractivity contribution is -0.226. The highest BCUT2D eigenvalue weighted by atomic mass is 32.2. The molecule has 5 nitrogen and oxygen atoms in total. The van der Waals surface area contributed by atoms with Crippen molar-refractivity contribution in [3.8, 4) is 0 Å². The Labute approximate surface area is 199 Å². The summed E-state index contributed by atoms with van der Waals surface area (Å²) in [4.78, 5) is 0.244.